The molecular weight excluding hydrogens is 282 g/mol. The Morgan fingerprint density at radius 1 is 1.29 bits per heavy atom. The zero-order chi connectivity index (χ0) is 14.9. The molecule has 1 aromatic carbocycles. The van der Waals surface area contributed by atoms with E-state index >= 15 is 0 Å². The first-order chi connectivity index (χ1) is 10.2. The highest BCUT2D eigenvalue weighted by molar-refractivity contribution is 7.99. The molecule has 0 radical (unpaired) electrons. The molecule has 1 atom stereocenters. The molecule has 4 heteroatoms. The van der Waals surface area contributed by atoms with E-state index in [0.29, 0.717) is 6.10 Å². The third-order valence-corrected chi connectivity index (χ3v) is 5.89. The number of para-hydroxylation sites is 1. The fourth-order valence-corrected chi connectivity index (χ4v) is 4.35. The lowest BCUT2D eigenvalue weighted by molar-refractivity contribution is 0.183. The van der Waals surface area contributed by atoms with Crippen LogP contribution in [-0.4, -0.2) is 30.8 Å². The quantitative estimate of drug-likeness (QED) is 0.906. The summed E-state index contributed by atoms with van der Waals surface area (Å²) in [6.07, 6.45) is 4.85. The van der Waals surface area contributed by atoms with Crippen molar-refractivity contribution in [1.82, 2.24) is 0 Å². The van der Waals surface area contributed by atoms with Crippen LogP contribution in [0.2, 0.25) is 0 Å². The van der Waals surface area contributed by atoms with Crippen molar-refractivity contribution in [1.29, 1.82) is 0 Å². The predicted molar refractivity (Wildman–Crippen MR) is 88.5 cm³/mol. The van der Waals surface area contributed by atoms with E-state index in [9.17, 15) is 0 Å². The van der Waals surface area contributed by atoms with Crippen LogP contribution in [0.1, 0.15) is 38.2 Å². The molecule has 0 aromatic heterocycles. The van der Waals surface area contributed by atoms with Crippen LogP contribution in [-0.2, 0) is 5.41 Å². The summed E-state index contributed by atoms with van der Waals surface area (Å²) in [6, 6.07) is 6.40. The second-order valence-electron chi connectivity index (χ2n) is 6.21. The molecule has 3 nitrogen and oxygen atoms in total. The van der Waals surface area contributed by atoms with E-state index in [4.69, 9.17) is 15.2 Å². The second kappa shape index (κ2) is 6.09. The molecule has 0 spiro atoms. The highest BCUT2D eigenvalue weighted by atomic mass is 32.2. The lowest BCUT2D eigenvalue weighted by Gasteiger charge is -2.27. The average molecular weight is 307 g/mol. The van der Waals surface area contributed by atoms with Gasteiger partial charge in [0.15, 0.2) is 11.5 Å². The van der Waals surface area contributed by atoms with Gasteiger partial charge in [0.25, 0.3) is 0 Å². The van der Waals surface area contributed by atoms with Gasteiger partial charge in [0.05, 0.1) is 7.11 Å². The summed E-state index contributed by atoms with van der Waals surface area (Å²) >= 11 is 2.01. The Morgan fingerprint density at radius 3 is 2.57 bits per heavy atom. The highest BCUT2D eigenvalue weighted by Crippen LogP contribution is 2.55. The van der Waals surface area contributed by atoms with Gasteiger partial charge in [-0.2, -0.15) is 11.8 Å². The fraction of sp³-hybridized carbons (Fsp3) is 0.647. The van der Waals surface area contributed by atoms with E-state index in [1.165, 1.54) is 17.1 Å². The molecule has 1 heterocycles. The van der Waals surface area contributed by atoms with Crippen molar-refractivity contribution < 1.29 is 9.47 Å². The van der Waals surface area contributed by atoms with Crippen molar-refractivity contribution >= 4 is 11.8 Å². The molecule has 0 bridgehead atoms. The number of nitrogens with two attached hydrogens (primary N) is 1. The van der Waals surface area contributed by atoms with Gasteiger partial charge in [-0.15, -0.1) is 0 Å². The molecule has 1 saturated carbocycles. The molecule has 116 valence electrons. The van der Waals surface area contributed by atoms with E-state index < -0.39 is 0 Å². The van der Waals surface area contributed by atoms with Crippen LogP contribution in [0.3, 0.4) is 0 Å². The highest BCUT2D eigenvalue weighted by Gasteiger charge is 2.49. The first kappa shape index (κ1) is 15.0. The molecule has 2 aliphatic rings. The Hall–Kier alpha value is -0.870. The SMILES string of the molecule is COc1c(OC2CCSCC2)cccc1C1(C(C)N)CC1. The van der Waals surface area contributed by atoms with Crippen molar-refractivity contribution in [3.63, 3.8) is 0 Å². The van der Waals surface area contributed by atoms with Crippen LogP contribution in [0.5, 0.6) is 11.5 Å². The first-order valence-electron chi connectivity index (χ1n) is 7.85. The zero-order valence-electron chi connectivity index (χ0n) is 12.9. The summed E-state index contributed by atoms with van der Waals surface area (Å²) in [4.78, 5) is 0. The first-order valence-corrected chi connectivity index (χ1v) is 9.00. The molecule has 2 fully saturated rings. The molecule has 1 unspecified atom stereocenters. The van der Waals surface area contributed by atoms with Crippen LogP contribution >= 0.6 is 11.8 Å². The van der Waals surface area contributed by atoms with Crippen LogP contribution in [0.25, 0.3) is 0 Å². The molecule has 21 heavy (non-hydrogen) atoms. The van der Waals surface area contributed by atoms with Crippen LogP contribution < -0.4 is 15.2 Å². The van der Waals surface area contributed by atoms with Gasteiger partial charge in [-0.3, -0.25) is 0 Å². The lowest BCUT2D eigenvalue weighted by atomic mass is 9.88. The molecular formula is C17H25NO2S. The maximum Gasteiger partial charge on any atom is 0.164 e. The van der Waals surface area contributed by atoms with Crippen LogP contribution in [0.15, 0.2) is 18.2 Å². The molecule has 1 saturated heterocycles. The van der Waals surface area contributed by atoms with Gasteiger partial charge in [0, 0.05) is 17.0 Å². The van der Waals surface area contributed by atoms with Gasteiger partial charge in [0.2, 0.25) is 0 Å². The van der Waals surface area contributed by atoms with Crippen molar-refractivity contribution in [2.24, 2.45) is 5.73 Å². The van der Waals surface area contributed by atoms with Gasteiger partial charge < -0.3 is 15.2 Å². The minimum absolute atomic E-state index is 0.0904. The van der Waals surface area contributed by atoms with E-state index in [1.54, 1.807) is 7.11 Å². The zero-order valence-corrected chi connectivity index (χ0v) is 13.7. The van der Waals surface area contributed by atoms with E-state index in [0.717, 1.165) is 37.2 Å². The maximum absolute atomic E-state index is 6.24. The van der Waals surface area contributed by atoms with Crippen molar-refractivity contribution in [3.8, 4) is 11.5 Å². The van der Waals surface area contributed by atoms with Gasteiger partial charge in [-0.05, 0) is 50.2 Å². The minimum Gasteiger partial charge on any atom is -0.493 e. The number of thioether (sulfide) groups is 1. The van der Waals surface area contributed by atoms with Gasteiger partial charge in [0.1, 0.15) is 6.10 Å². The Labute approximate surface area is 131 Å². The number of benzene rings is 1. The number of hydrogen-bond donors (Lipinski definition) is 1. The average Bonchev–Trinajstić information content (AvgIpc) is 3.30. The Morgan fingerprint density at radius 2 is 2.00 bits per heavy atom. The second-order valence-corrected chi connectivity index (χ2v) is 7.44. The normalized spacial score (nSPS) is 22.6. The summed E-state index contributed by atoms with van der Waals surface area (Å²) in [7, 11) is 1.74. The summed E-state index contributed by atoms with van der Waals surface area (Å²) in [5, 5.41) is 0. The minimum atomic E-state index is 0.0904. The van der Waals surface area contributed by atoms with Crippen molar-refractivity contribution in [3.05, 3.63) is 23.8 Å². The number of methoxy groups -OCH3 is 1. The number of hydrogen-bond acceptors (Lipinski definition) is 4. The largest absolute Gasteiger partial charge is 0.493 e. The van der Waals surface area contributed by atoms with Gasteiger partial charge in [-0.25, -0.2) is 0 Å². The molecule has 1 aliphatic heterocycles. The molecule has 1 aromatic rings. The summed E-state index contributed by atoms with van der Waals surface area (Å²) in [6.45, 7) is 2.10. The Bertz CT molecular complexity index is 494. The van der Waals surface area contributed by atoms with Crippen LogP contribution in [0.4, 0.5) is 0 Å². The van der Waals surface area contributed by atoms with E-state index in [1.807, 2.05) is 17.8 Å². The maximum atomic E-state index is 6.24. The number of ether oxygens (including phenoxy) is 2. The van der Waals surface area contributed by atoms with E-state index in [2.05, 4.69) is 19.1 Å². The van der Waals surface area contributed by atoms with Gasteiger partial charge >= 0.3 is 0 Å². The topological polar surface area (TPSA) is 44.5 Å². The fourth-order valence-electron chi connectivity index (χ4n) is 3.29. The van der Waals surface area contributed by atoms with Crippen LogP contribution in [0, 0.1) is 0 Å². The third-order valence-electron chi connectivity index (χ3n) is 4.84. The van der Waals surface area contributed by atoms with Gasteiger partial charge in [-0.1, -0.05) is 12.1 Å². The standard InChI is InChI=1S/C17H25NO2S/c1-12(18)17(8-9-17)14-4-3-5-15(16(14)19-2)20-13-6-10-21-11-7-13/h3-5,12-13H,6-11,18H2,1-2H3. The van der Waals surface area contributed by atoms with E-state index in [-0.39, 0.29) is 11.5 Å². The van der Waals surface area contributed by atoms with Crippen molar-refractivity contribution in [2.75, 3.05) is 18.6 Å². The lowest BCUT2D eigenvalue weighted by Crippen LogP contribution is -2.32. The molecule has 3 rings (SSSR count). The van der Waals surface area contributed by atoms with Crippen molar-refractivity contribution in [2.45, 2.75) is 50.2 Å². The predicted octanol–water partition coefficient (Wildman–Crippen LogP) is 3.35. The summed E-state index contributed by atoms with van der Waals surface area (Å²) < 4.78 is 12.0. The Balaban J connectivity index is 1.87. The Kier molecular flexibility index (Phi) is 4.36. The molecule has 2 N–H and O–H groups in total. The monoisotopic (exact) mass is 307 g/mol. The summed E-state index contributed by atoms with van der Waals surface area (Å²) in [5.74, 6) is 4.16. The summed E-state index contributed by atoms with van der Waals surface area (Å²) in [5.41, 5.74) is 7.54. The third kappa shape index (κ3) is 2.88. The molecule has 0 amide bonds. The molecule has 1 aliphatic carbocycles. The number of rotatable bonds is 5. The smallest absolute Gasteiger partial charge is 0.164 e.